The zero-order valence-corrected chi connectivity index (χ0v) is 38.7. The van der Waals surface area contributed by atoms with E-state index in [2.05, 4.69) is 28.7 Å². The zero-order valence-electron chi connectivity index (χ0n) is 37.0. The second kappa shape index (κ2) is 24.3. The number of amides is 1. The third-order valence-electron chi connectivity index (χ3n) is 11.1. The summed E-state index contributed by atoms with van der Waals surface area (Å²) in [5, 5.41) is 47.1. The van der Waals surface area contributed by atoms with E-state index in [-0.39, 0.29) is 88.5 Å². The standard InChI is InChI=1S/C45H57BN4O13S2/c1-26-15-29(23-51)31(17-26)42(53)33-19-38(59-5)40(21-35(33)48-45(55)63-25-28(3)64-65-44-37(50(57)58)11-10-12-47-44)61-13-8-7-9-14-62-41-22-36(49-46(4)56)34(20-39(41)60-6)43(54)32-18-27(2)16-30(32)24-52/h10-12,19-22,28-32,49,51-52,56H,1-2,7-9,13-18,23-25H2,3-6H3,(H,48,55)/t28-,29+,30+,31?,32?/m1/s1. The minimum Gasteiger partial charge on any atom is -0.493 e. The minimum absolute atomic E-state index is 0.0631. The number of anilines is 2. The maximum atomic E-state index is 14.0. The molecule has 20 heteroatoms. The molecule has 5 N–H and O–H groups in total. The van der Waals surface area contributed by atoms with Crippen LogP contribution in [0.2, 0.25) is 6.82 Å². The van der Waals surface area contributed by atoms with E-state index in [9.17, 15) is 39.7 Å². The van der Waals surface area contributed by atoms with Gasteiger partial charge in [-0.25, -0.2) is 9.78 Å². The number of hydrogen-bond acceptors (Lipinski definition) is 17. The topological polar surface area (TPSA) is 238 Å². The van der Waals surface area contributed by atoms with Crippen molar-refractivity contribution in [3.05, 3.63) is 88.1 Å². The first-order valence-electron chi connectivity index (χ1n) is 21.3. The van der Waals surface area contributed by atoms with Crippen LogP contribution in [0.15, 0.2) is 71.9 Å². The second-order valence-electron chi connectivity index (χ2n) is 16.1. The Morgan fingerprint density at radius 1 is 0.877 bits per heavy atom. The number of ketones is 2. The fraction of sp³-hybridized carbons (Fsp3) is 0.467. The molecule has 5 atom stereocenters. The van der Waals surface area contributed by atoms with Crippen LogP contribution in [0.4, 0.5) is 21.9 Å². The van der Waals surface area contributed by atoms with E-state index in [0.29, 0.717) is 74.3 Å². The first kappa shape index (κ1) is 50.7. The van der Waals surface area contributed by atoms with Gasteiger partial charge in [0.05, 0.1) is 38.0 Å². The summed E-state index contributed by atoms with van der Waals surface area (Å²) in [6.45, 7) is 11.5. The van der Waals surface area contributed by atoms with Crippen LogP contribution in [0.3, 0.4) is 0 Å². The summed E-state index contributed by atoms with van der Waals surface area (Å²) in [6, 6.07) is 9.09. The Kier molecular flexibility index (Phi) is 19.0. The van der Waals surface area contributed by atoms with Gasteiger partial charge < -0.3 is 44.1 Å². The number of methoxy groups -OCH3 is 2. The van der Waals surface area contributed by atoms with Gasteiger partial charge in [0, 0.05) is 71.5 Å². The lowest BCUT2D eigenvalue weighted by Gasteiger charge is -2.21. The van der Waals surface area contributed by atoms with Gasteiger partial charge in [-0.3, -0.25) is 25.0 Å². The number of hydrogen-bond donors (Lipinski definition) is 5. The van der Waals surface area contributed by atoms with Gasteiger partial charge in [-0.2, -0.15) is 0 Å². The predicted molar refractivity (Wildman–Crippen MR) is 251 cm³/mol. The van der Waals surface area contributed by atoms with Crippen LogP contribution in [0, 0.1) is 33.8 Å². The van der Waals surface area contributed by atoms with Crippen molar-refractivity contribution in [3.63, 3.8) is 0 Å². The monoisotopic (exact) mass is 936 g/mol. The van der Waals surface area contributed by atoms with Gasteiger partial charge >= 0.3 is 18.8 Å². The van der Waals surface area contributed by atoms with Crippen molar-refractivity contribution in [3.8, 4) is 23.0 Å². The van der Waals surface area contributed by atoms with Crippen LogP contribution >= 0.6 is 21.6 Å². The van der Waals surface area contributed by atoms with Gasteiger partial charge in [0.25, 0.3) is 0 Å². The lowest BCUT2D eigenvalue weighted by Crippen LogP contribution is -2.25. The van der Waals surface area contributed by atoms with Crippen LogP contribution in [0.25, 0.3) is 0 Å². The Balaban J connectivity index is 1.21. The Morgan fingerprint density at radius 3 is 1.92 bits per heavy atom. The number of aliphatic hydroxyl groups is 2. The van der Waals surface area contributed by atoms with Crippen molar-refractivity contribution in [2.75, 3.05) is 57.8 Å². The fourth-order valence-corrected chi connectivity index (χ4v) is 9.92. The Bertz CT molecular complexity index is 2210. The third-order valence-corrected chi connectivity index (χ3v) is 13.9. The number of aliphatic hydroxyl groups excluding tert-OH is 2. The molecule has 2 aliphatic carbocycles. The van der Waals surface area contributed by atoms with Crippen molar-refractivity contribution in [1.29, 1.82) is 0 Å². The third kappa shape index (κ3) is 13.6. The molecule has 1 aromatic heterocycles. The van der Waals surface area contributed by atoms with Crippen LogP contribution in [0.1, 0.15) is 72.6 Å². The van der Waals surface area contributed by atoms with E-state index in [4.69, 9.17) is 23.7 Å². The summed E-state index contributed by atoms with van der Waals surface area (Å²) in [6.07, 6.45) is 4.44. The van der Waals surface area contributed by atoms with Gasteiger partial charge in [0.15, 0.2) is 39.6 Å². The van der Waals surface area contributed by atoms with Gasteiger partial charge in [0.1, 0.15) is 6.61 Å². The molecule has 2 fully saturated rings. The molecular formula is C45H57BN4O13S2. The average molecular weight is 937 g/mol. The van der Waals surface area contributed by atoms with Gasteiger partial charge in [0.2, 0.25) is 0 Å². The highest BCUT2D eigenvalue weighted by atomic mass is 33.1. The summed E-state index contributed by atoms with van der Waals surface area (Å²) in [5.74, 6) is -0.796. The van der Waals surface area contributed by atoms with E-state index in [1.165, 1.54) is 55.5 Å². The molecule has 2 aliphatic rings. The number of ether oxygens (including phenoxy) is 5. The fourth-order valence-electron chi connectivity index (χ4n) is 7.89. The highest BCUT2D eigenvalue weighted by Crippen LogP contribution is 2.43. The van der Waals surface area contributed by atoms with Gasteiger partial charge in [-0.05, 0) is 99.5 Å². The van der Waals surface area contributed by atoms with Crippen molar-refractivity contribution < 1.29 is 58.2 Å². The molecule has 2 unspecified atom stereocenters. The lowest BCUT2D eigenvalue weighted by atomic mass is 9.84. The lowest BCUT2D eigenvalue weighted by molar-refractivity contribution is -0.388. The quantitative estimate of drug-likeness (QED) is 0.0103. The number of carbonyl (C=O) groups excluding carboxylic acids is 3. The van der Waals surface area contributed by atoms with E-state index < -0.39 is 29.9 Å². The van der Waals surface area contributed by atoms with E-state index >= 15 is 0 Å². The molecule has 3 aromatic rings. The Hall–Kier alpha value is -5.28. The smallest absolute Gasteiger partial charge is 0.411 e. The van der Waals surface area contributed by atoms with E-state index in [1.54, 1.807) is 25.9 Å². The van der Waals surface area contributed by atoms with E-state index in [0.717, 1.165) is 21.9 Å². The summed E-state index contributed by atoms with van der Waals surface area (Å²) in [7, 11) is 4.30. The normalized spacial score (nSPS) is 18.4. The Labute approximate surface area is 386 Å². The maximum Gasteiger partial charge on any atom is 0.411 e. The SMILES string of the molecule is C=C1CC(C(=O)c2cc(OC)c(OCCCCCOc3cc(NC(=O)OC[C@@H](C)SSc4ncccc4[N+](=O)[O-])c(C(=O)C4CC(=C)C[C@H]4CO)cc3OC)cc2NB(C)O)[C@H](CO)C1. The highest BCUT2D eigenvalue weighted by molar-refractivity contribution is 8.77. The van der Waals surface area contributed by atoms with Crippen LogP contribution in [-0.4, -0.2) is 102 Å². The van der Waals surface area contributed by atoms with Crippen LogP contribution in [0.5, 0.6) is 23.0 Å². The summed E-state index contributed by atoms with van der Waals surface area (Å²) in [4.78, 5) is 55.9. The number of pyridine rings is 1. The van der Waals surface area contributed by atoms with E-state index in [1.807, 2.05) is 0 Å². The first-order chi connectivity index (χ1) is 31.2. The zero-order chi connectivity index (χ0) is 47.2. The number of nitrogens with zero attached hydrogens (tertiary/aromatic N) is 2. The second-order valence-corrected chi connectivity index (χ2v) is 18.7. The van der Waals surface area contributed by atoms with Crippen molar-refractivity contribution in [2.24, 2.45) is 23.7 Å². The van der Waals surface area contributed by atoms with Crippen molar-refractivity contribution in [1.82, 2.24) is 4.98 Å². The number of nitro groups is 1. The number of unbranched alkanes of at least 4 members (excludes halogenated alkanes) is 2. The minimum atomic E-state index is -0.963. The number of nitrogens with one attached hydrogen (secondary N) is 2. The number of benzene rings is 2. The largest absolute Gasteiger partial charge is 0.493 e. The molecule has 1 amide bonds. The summed E-state index contributed by atoms with van der Waals surface area (Å²) >= 11 is 0. The predicted octanol–water partition coefficient (Wildman–Crippen LogP) is 8.05. The average Bonchev–Trinajstić information content (AvgIpc) is 3.87. The molecular weight excluding hydrogens is 879 g/mol. The molecule has 0 saturated heterocycles. The van der Waals surface area contributed by atoms with Gasteiger partial charge in [-0.1, -0.05) is 35.1 Å². The molecule has 1 heterocycles. The molecule has 5 rings (SSSR count). The molecule has 0 spiro atoms. The molecule has 350 valence electrons. The molecule has 0 radical (unpaired) electrons. The highest BCUT2D eigenvalue weighted by Gasteiger charge is 2.38. The number of allylic oxidation sites excluding steroid dienone is 2. The molecule has 65 heavy (non-hydrogen) atoms. The molecule has 0 bridgehead atoms. The van der Waals surface area contributed by atoms with Crippen LogP contribution < -0.4 is 29.5 Å². The number of rotatable bonds is 25. The summed E-state index contributed by atoms with van der Waals surface area (Å²) in [5.41, 5.74) is 2.62. The number of Topliss-reactive ketones (excluding diaryl/α,β-unsaturated/α-hetero) is 2. The van der Waals surface area contributed by atoms with Crippen LogP contribution in [-0.2, 0) is 4.74 Å². The maximum absolute atomic E-state index is 14.0. The summed E-state index contributed by atoms with van der Waals surface area (Å²) < 4.78 is 29.0. The number of carbonyl (C=O) groups is 3. The molecule has 2 saturated carbocycles. The number of aromatic nitrogens is 1. The molecule has 0 aliphatic heterocycles. The Morgan fingerprint density at radius 2 is 1.42 bits per heavy atom. The molecule has 2 aromatic carbocycles. The molecule has 17 nitrogen and oxygen atoms in total. The van der Waals surface area contributed by atoms with Gasteiger partial charge in [-0.15, -0.1) is 0 Å². The first-order valence-corrected chi connectivity index (χ1v) is 23.5. The van der Waals surface area contributed by atoms with Crippen molar-refractivity contribution in [2.45, 2.75) is 69.0 Å². The van der Waals surface area contributed by atoms with Crippen molar-refractivity contribution >= 4 is 63.4 Å².